The summed E-state index contributed by atoms with van der Waals surface area (Å²) < 4.78 is 11.8. The molecule has 0 unspecified atom stereocenters. The summed E-state index contributed by atoms with van der Waals surface area (Å²) in [4.78, 5) is 33.1. The Morgan fingerprint density at radius 2 is 2.00 bits per heavy atom. The van der Waals surface area contributed by atoms with E-state index in [2.05, 4.69) is 15.3 Å². The molecule has 4 aromatic rings. The van der Waals surface area contributed by atoms with Crippen LogP contribution in [0.4, 0.5) is 0 Å². The molecule has 2 aromatic carbocycles. The van der Waals surface area contributed by atoms with E-state index in [1.54, 1.807) is 42.9 Å². The van der Waals surface area contributed by atoms with Crippen LogP contribution < -0.4 is 14.8 Å². The van der Waals surface area contributed by atoms with Crippen LogP contribution in [0.1, 0.15) is 38.4 Å². The van der Waals surface area contributed by atoms with Gasteiger partial charge in [-0.05, 0) is 59.2 Å². The Morgan fingerprint density at radius 3 is 2.81 bits per heavy atom. The molecule has 9 heteroatoms. The zero-order valence-corrected chi connectivity index (χ0v) is 20.5. The predicted octanol–water partition coefficient (Wildman–Crippen LogP) is 4.57. The maximum atomic E-state index is 13.1. The zero-order chi connectivity index (χ0) is 25.8. The normalized spacial score (nSPS) is 12.5. The number of H-pyrrole nitrogens is 1. The Labute approximate surface area is 217 Å². The van der Waals surface area contributed by atoms with Crippen LogP contribution in [0, 0.1) is 0 Å². The molecule has 0 aliphatic heterocycles. The van der Waals surface area contributed by atoms with Crippen LogP contribution in [-0.4, -0.2) is 46.5 Å². The first-order chi connectivity index (χ1) is 18.0. The molecule has 0 radical (unpaired) electrons. The highest BCUT2D eigenvalue weighted by Crippen LogP contribution is 2.30. The van der Waals surface area contributed by atoms with Crippen molar-refractivity contribution in [2.75, 3.05) is 19.8 Å². The van der Waals surface area contributed by atoms with Crippen molar-refractivity contribution in [1.29, 1.82) is 0 Å². The maximum absolute atomic E-state index is 13.1. The van der Waals surface area contributed by atoms with Crippen molar-refractivity contribution in [2.24, 2.45) is 0 Å². The standard InChI is InChI=1S/C28H24ClN3O5/c29-19-4-3-17-12-27(23(11-18(17)10-19)28(35)31-8-9-33)36-16-26(34)24-15-32-25-13-20(5-6-22(24)25)37-21-2-1-7-30-14-21/h1-4,7,10-15,32-33H,5-6,8-9,16H2,(H,31,35). The lowest BCUT2D eigenvalue weighted by Gasteiger charge is -2.16. The Kier molecular flexibility index (Phi) is 7.20. The van der Waals surface area contributed by atoms with Crippen molar-refractivity contribution >= 4 is 40.1 Å². The van der Waals surface area contributed by atoms with Gasteiger partial charge in [-0.1, -0.05) is 17.7 Å². The molecule has 0 saturated carbocycles. The number of carbonyl (C=O) groups is 2. The maximum Gasteiger partial charge on any atom is 0.255 e. The fourth-order valence-corrected chi connectivity index (χ4v) is 4.45. The second kappa shape index (κ2) is 10.9. The molecule has 0 spiro atoms. The molecule has 8 nitrogen and oxygen atoms in total. The molecule has 2 aromatic heterocycles. The number of ether oxygens (including phenoxy) is 2. The summed E-state index contributed by atoms with van der Waals surface area (Å²) in [6, 6.07) is 12.3. The number of halogens is 1. The van der Waals surface area contributed by atoms with Gasteiger partial charge in [0.25, 0.3) is 5.91 Å². The van der Waals surface area contributed by atoms with E-state index in [1.807, 2.05) is 24.3 Å². The number of Topliss-reactive ketones (excluding diaryl/α,β-unsaturated/α-hetero) is 1. The van der Waals surface area contributed by atoms with Gasteiger partial charge >= 0.3 is 0 Å². The van der Waals surface area contributed by atoms with Gasteiger partial charge < -0.3 is 24.9 Å². The van der Waals surface area contributed by atoms with E-state index in [1.165, 1.54) is 0 Å². The number of hydrogen-bond donors (Lipinski definition) is 3. The van der Waals surface area contributed by atoms with Gasteiger partial charge in [0.2, 0.25) is 5.78 Å². The number of aliphatic hydroxyl groups excluding tert-OH is 1. The second-order valence-corrected chi connectivity index (χ2v) is 8.96. The topological polar surface area (TPSA) is 114 Å². The van der Waals surface area contributed by atoms with Crippen LogP contribution in [0.3, 0.4) is 0 Å². The van der Waals surface area contributed by atoms with Crippen LogP contribution in [0.15, 0.2) is 66.8 Å². The van der Waals surface area contributed by atoms with Crippen molar-refractivity contribution in [3.8, 4) is 11.5 Å². The van der Waals surface area contributed by atoms with Gasteiger partial charge in [-0.3, -0.25) is 14.6 Å². The third-order valence-electron chi connectivity index (χ3n) is 6.03. The average Bonchev–Trinajstić information content (AvgIpc) is 3.34. The smallest absolute Gasteiger partial charge is 0.255 e. The molecule has 0 bridgehead atoms. The Bertz CT molecular complexity index is 1500. The quantitative estimate of drug-likeness (QED) is 0.280. The molecule has 1 aliphatic rings. The van der Waals surface area contributed by atoms with Gasteiger partial charge in [0.1, 0.15) is 17.3 Å². The number of carbonyl (C=O) groups excluding carboxylic acids is 2. The number of nitrogens with zero attached hydrogens (tertiary/aromatic N) is 1. The SMILES string of the molecule is O=C(NCCO)c1cc2cc(Cl)ccc2cc1OCC(=O)c1c[nH]c2c1CCC(Oc1cccnc1)=C2. The van der Waals surface area contributed by atoms with Crippen molar-refractivity contribution in [3.63, 3.8) is 0 Å². The minimum atomic E-state index is -0.413. The largest absolute Gasteiger partial charge is 0.485 e. The van der Waals surface area contributed by atoms with Crippen molar-refractivity contribution in [2.45, 2.75) is 12.8 Å². The average molecular weight is 518 g/mol. The summed E-state index contributed by atoms with van der Waals surface area (Å²) in [7, 11) is 0. The summed E-state index contributed by atoms with van der Waals surface area (Å²) in [5.74, 6) is 1.09. The molecule has 37 heavy (non-hydrogen) atoms. The number of benzene rings is 2. The van der Waals surface area contributed by atoms with E-state index in [9.17, 15) is 9.59 Å². The van der Waals surface area contributed by atoms with Crippen molar-refractivity contribution in [3.05, 3.63) is 94.2 Å². The van der Waals surface area contributed by atoms with E-state index in [4.69, 9.17) is 26.2 Å². The molecular formula is C28H24ClN3O5. The predicted molar refractivity (Wildman–Crippen MR) is 140 cm³/mol. The summed E-state index contributed by atoms with van der Waals surface area (Å²) in [6.45, 7) is -0.339. The summed E-state index contributed by atoms with van der Waals surface area (Å²) in [5.41, 5.74) is 2.53. The molecule has 0 atom stereocenters. The summed E-state index contributed by atoms with van der Waals surface area (Å²) in [6.07, 6.45) is 8.18. The minimum absolute atomic E-state index is 0.0975. The number of aromatic nitrogens is 2. The van der Waals surface area contributed by atoms with Gasteiger partial charge in [0, 0.05) is 47.7 Å². The number of amides is 1. The monoisotopic (exact) mass is 517 g/mol. The number of aliphatic hydroxyl groups is 1. The van der Waals surface area contributed by atoms with Gasteiger partial charge in [0.15, 0.2) is 6.61 Å². The number of ketones is 1. The van der Waals surface area contributed by atoms with E-state index in [-0.39, 0.29) is 36.9 Å². The van der Waals surface area contributed by atoms with Crippen molar-refractivity contribution < 1.29 is 24.2 Å². The molecule has 1 amide bonds. The Balaban J connectivity index is 1.34. The van der Waals surface area contributed by atoms with Crippen LogP contribution >= 0.6 is 11.6 Å². The molecule has 188 valence electrons. The first-order valence-electron chi connectivity index (χ1n) is 11.8. The number of hydrogen-bond acceptors (Lipinski definition) is 6. The number of pyridine rings is 1. The van der Waals surface area contributed by atoms with Crippen LogP contribution in [0.2, 0.25) is 5.02 Å². The van der Waals surface area contributed by atoms with Crippen LogP contribution in [-0.2, 0) is 6.42 Å². The van der Waals surface area contributed by atoms with E-state index in [0.717, 1.165) is 27.8 Å². The Morgan fingerprint density at radius 1 is 1.11 bits per heavy atom. The first-order valence-corrected chi connectivity index (χ1v) is 12.2. The summed E-state index contributed by atoms with van der Waals surface area (Å²) >= 11 is 6.11. The van der Waals surface area contributed by atoms with E-state index < -0.39 is 5.91 Å². The summed E-state index contributed by atoms with van der Waals surface area (Å²) in [5, 5.41) is 13.8. The lowest BCUT2D eigenvalue weighted by molar-refractivity contribution is 0.0901. The third-order valence-corrected chi connectivity index (χ3v) is 6.27. The van der Waals surface area contributed by atoms with Gasteiger partial charge in [-0.25, -0.2) is 0 Å². The second-order valence-electron chi connectivity index (χ2n) is 8.53. The molecule has 2 heterocycles. The molecular weight excluding hydrogens is 494 g/mol. The Hall–Kier alpha value is -4.14. The zero-order valence-electron chi connectivity index (χ0n) is 19.8. The highest BCUT2D eigenvalue weighted by molar-refractivity contribution is 6.31. The molecule has 3 N–H and O–H groups in total. The number of nitrogens with one attached hydrogen (secondary N) is 2. The molecule has 0 saturated heterocycles. The molecule has 0 fully saturated rings. The van der Waals surface area contributed by atoms with Gasteiger partial charge in [-0.2, -0.15) is 0 Å². The number of fused-ring (bicyclic) bond motifs is 2. The van der Waals surface area contributed by atoms with Crippen LogP contribution in [0.5, 0.6) is 11.5 Å². The number of allylic oxidation sites excluding steroid dienone is 1. The van der Waals surface area contributed by atoms with Gasteiger partial charge in [-0.15, -0.1) is 0 Å². The highest BCUT2D eigenvalue weighted by Gasteiger charge is 2.22. The number of aromatic amines is 1. The van der Waals surface area contributed by atoms with Gasteiger partial charge in [0.05, 0.1) is 18.4 Å². The lowest BCUT2D eigenvalue weighted by atomic mass is 9.97. The van der Waals surface area contributed by atoms with Crippen molar-refractivity contribution in [1.82, 2.24) is 15.3 Å². The fourth-order valence-electron chi connectivity index (χ4n) is 4.27. The third kappa shape index (κ3) is 5.50. The van der Waals surface area contributed by atoms with Crippen LogP contribution in [0.25, 0.3) is 16.8 Å². The minimum Gasteiger partial charge on any atom is -0.485 e. The highest BCUT2D eigenvalue weighted by atomic mass is 35.5. The molecule has 5 rings (SSSR count). The lowest BCUT2D eigenvalue weighted by Crippen LogP contribution is -2.27. The van der Waals surface area contributed by atoms with E-state index >= 15 is 0 Å². The first kappa shape index (κ1) is 24.5. The fraction of sp³-hybridized carbons (Fsp3) is 0.179. The molecule has 1 aliphatic carbocycles. The van der Waals surface area contributed by atoms with E-state index in [0.29, 0.717) is 29.2 Å². The number of rotatable bonds is 9.